The lowest BCUT2D eigenvalue weighted by Gasteiger charge is -2.34. The standard InChI is InChI=1S/C23H32ClN3O3S/c1-16-11-17(2)13-27(12-16)10-4-9-25-22(28)15-31(29)14-21-18(3)30-23(26-21)19-5-7-20(24)8-6-19/h5-8,16-17H,4,9-15H2,1-3H3,(H,25,28)/t16-,17-,31+/m0/s1. The van der Waals surface area contributed by atoms with Crippen LogP contribution in [-0.4, -0.2) is 51.9 Å². The Kier molecular flexibility index (Phi) is 8.69. The van der Waals surface area contributed by atoms with Gasteiger partial charge in [-0.2, -0.15) is 0 Å². The minimum atomic E-state index is -1.34. The molecule has 1 N–H and O–H groups in total. The summed E-state index contributed by atoms with van der Waals surface area (Å²) in [6.45, 7) is 10.3. The molecule has 1 aromatic carbocycles. The molecule has 6 nitrogen and oxygen atoms in total. The molecule has 3 rings (SSSR count). The van der Waals surface area contributed by atoms with Crippen molar-refractivity contribution >= 4 is 28.3 Å². The van der Waals surface area contributed by atoms with Gasteiger partial charge >= 0.3 is 0 Å². The number of oxazole rings is 1. The van der Waals surface area contributed by atoms with E-state index in [9.17, 15) is 9.00 Å². The fourth-order valence-corrected chi connectivity index (χ4v) is 5.38. The highest BCUT2D eigenvalue weighted by Gasteiger charge is 2.21. The molecule has 0 bridgehead atoms. The van der Waals surface area contributed by atoms with Crippen LogP contribution in [0.15, 0.2) is 28.7 Å². The fourth-order valence-electron chi connectivity index (χ4n) is 4.18. The molecule has 1 aliphatic rings. The molecule has 2 aromatic rings. The van der Waals surface area contributed by atoms with Crippen LogP contribution < -0.4 is 5.32 Å². The number of likely N-dealkylation sites (tertiary alicyclic amines) is 1. The van der Waals surface area contributed by atoms with Gasteiger partial charge in [0.1, 0.15) is 11.5 Å². The molecule has 0 radical (unpaired) electrons. The van der Waals surface area contributed by atoms with Gasteiger partial charge in [-0.3, -0.25) is 9.00 Å². The molecule has 3 atom stereocenters. The monoisotopic (exact) mass is 465 g/mol. The first-order valence-electron chi connectivity index (χ1n) is 10.9. The maximum Gasteiger partial charge on any atom is 0.232 e. The van der Waals surface area contributed by atoms with Crippen LogP contribution in [0.25, 0.3) is 11.5 Å². The van der Waals surface area contributed by atoms with Crippen molar-refractivity contribution in [2.75, 3.05) is 31.9 Å². The SMILES string of the molecule is Cc1oc(-c2ccc(Cl)cc2)nc1C[S@@](=O)CC(=O)NCCCN1C[C@@H](C)C[C@H](C)C1. The highest BCUT2D eigenvalue weighted by Crippen LogP contribution is 2.24. The lowest BCUT2D eigenvalue weighted by atomic mass is 9.92. The molecule has 8 heteroatoms. The number of piperidine rings is 1. The first-order chi connectivity index (χ1) is 14.8. The summed E-state index contributed by atoms with van der Waals surface area (Å²) in [5, 5.41) is 3.54. The third-order valence-corrected chi connectivity index (χ3v) is 6.92. The summed E-state index contributed by atoms with van der Waals surface area (Å²) in [6.07, 6.45) is 2.20. The zero-order valence-corrected chi connectivity index (χ0v) is 20.1. The van der Waals surface area contributed by atoms with Gasteiger partial charge in [-0.05, 0) is 62.4 Å². The number of aromatic nitrogens is 1. The smallest absolute Gasteiger partial charge is 0.232 e. The third kappa shape index (κ3) is 7.44. The van der Waals surface area contributed by atoms with Crippen LogP contribution >= 0.6 is 11.6 Å². The molecule has 1 fully saturated rings. The van der Waals surface area contributed by atoms with Crippen LogP contribution in [-0.2, 0) is 21.3 Å². The Morgan fingerprint density at radius 1 is 1.26 bits per heavy atom. The number of aryl methyl sites for hydroxylation is 1. The number of rotatable bonds is 9. The topological polar surface area (TPSA) is 75.4 Å². The van der Waals surface area contributed by atoms with E-state index in [2.05, 4.69) is 29.0 Å². The Balaban J connectivity index is 1.40. The molecule has 0 unspecified atom stereocenters. The van der Waals surface area contributed by atoms with E-state index in [4.69, 9.17) is 16.0 Å². The zero-order valence-electron chi connectivity index (χ0n) is 18.5. The van der Waals surface area contributed by atoms with Crippen LogP contribution in [0, 0.1) is 18.8 Å². The quantitative estimate of drug-likeness (QED) is 0.565. The van der Waals surface area contributed by atoms with E-state index < -0.39 is 10.8 Å². The summed E-state index contributed by atoms with van der Waals surface area (Å²) >= 11 is 5.92. The van der Waals surface area contributed by atoms with Gasteiger partial charge in [-0.15, -0.1) is 0 Å². The summed E-state index contributed by atoms with van der Waals surface area (Å²) in [6, 6.07) is 7.19. The molecule has 1 aromatic heterocycles. The van der Waals surface area contributed by atoms with Gasteiger partial charge in [-0.25, -0.2) is 4.98 Å². The van der Waals surface area contributed by atoms with Crippen molar-refractivity contribution < 1.29 is 13.4 Å². The maximum absolute atomic E-state index is 12.5. The van der Waals surface area contributed by atoms with E-state index >= 15 is 0 Å². The summed E-state index contributed by atoms with van der Waals surface area (Å²) in [5.74, 6) is 2.54. The van der Waals surface area contributed by atoms with Gasteiger partial charge in [0.15, 0.2) is 0 Å². The van der Waals surface area contributed by atoms with E-state index in [-0.39, 0.29) is 17.4 Å². The van der Waals surface area contributed by atoms with Crippen LogP contribution in [0.5, 0.6) is 0 Å². The minimum Gasteiger partial charge on any atom is -0.441 e. The van der Waals surface area contributed by atoms with Gasteiger partial charge in [0.25, 0.3) is 0 Å². The Morgan fingerprint density at radius 3 is 2.61 bits per heavy atom. The van der Waals surface area contributed by atoms with Gasteiger partial charge in [0, 0.05) is 41.0 Å². The highest BCUT2D eigenvalue weighted by molar-refractivity contribution is 7.84. The third-order valence-electron chi connectivity index (χ3n) is 5.49. The van der Waals surface area contributed by atoms with Crippen molar-refractivity contribution in [2.45, 2.75) is 39.4 Å². The lowest BCUT2D eigenvalue weighted by molar-refractivity contribution is -0.118. The van der Waals surface area contributed by atoms with Crippen LogP contribution in [0.2, 0.25) is 5.02 Å². The predicted molar refractivity (Wildman–Crippen MR) is 125 cm³/mol. The number of nitrogens with one attached hydrogen (secondary N) is 1. The summed E-state index contributed by atoms with van der Waals surface area (Å²) in [5.41, 5.74) is 1.42. The van der Waals surface area contributed by atoms with Crippen molar-refractivity contribution in [1.29, 1.82) is 0 Å². The molecule has 1 aliphatic heterocycles. The molecule has 1 saturated heterocycles. The molecule has 2 heterocycles. The summed E-state index contributed by atoms with van der Waals surface area (Å²) in [7, 11) is -1.34. The normalized spacial score (nSPS) is 20.5. The van der Waals surface area contributed by atoms with E-state index in [1.54, 1.807) is 19.1 Å². The average molecular weight is 466 g/mol. The number of amides is 1. The number of carbonyl (C=O) groups excluding carboxylic acids is 1. The Hall–Kier alpha value is -1.70. The van der Waals surface area contributed by atoms with E-state index in [1.807, 2.05) is 12.1 Å². The van der Waals surface area contributed by atoms with E-state index in [1.165, 1.54) is 6.42 Å². The van der Waals surface area contributed by atoms with Gasteiger partial charge in [-0.1, -0.05) is 25.4 Å². The highest BCUT2D eigenvalue weighted by atomic mass is 35.5. The van der Waals surface area contributed by atoms with E-state index in [0.717, 1.165) is 43.5 Å². The number of benzene rings is 1. The van der Waals surface area contributed by atoms with Crippen molar-refractivity contribution in [2.24, 2.45) is 11.8 Å². The molecule has 0 aliphatic carbocycles. The maximum atomic E-state index is 12.5. The van der Waals surface area contributed by atoms with Crippen molar-refractivity contribution in [3.05, 3.63) is 40.7 Å². The first-order valence-corrected chi connectivity index (χ1v) is 12.7. The second kappa shape index (κ2) is 11.2. The molecule has 1 amide bonds. The number of nitrogens with zero attached hydrogens (tertiary/aromatic N) is 2. The van der Waals surface area contributed by atoms with Gasteiger partial charge in [0.2, 0.25) is 11.8 Å². The predicted octanol–water partition coefficient (Wildman–Crippen LogP) is 4.04. The van der Waals surface area contributed by atoms with Gasteiger partial charge < -0.3 is 14.6 Å². The van der Waals surface area contributed by atoms with Crippen molar-refractivity contribution in [3.8, 4) is 11.5 Å². The molecular formula is C23H32ClN3O3S. The minimum absolute atomic E-state index is 0.0274. The number of hydrogen-bond acceptors (Lipinski definition) is 5. The van der Waals surface area contributed by atoms with Crippen LogP contribution in [0.3, 0.4) is 0 Å². The summed E-state index contributed by atoms with van der Waals surface area (Å²) < 4.78 is 18.2. The Morgan fingerprint density at radius 2 is 1.94 bits per heavy atom. The molecule has 0 saturated carbocycles. The van der Waals surface area contributed by atoms with Crippen molar-refractivity contribution in [3.63, 3.8) is 0 Å². The molecular weight excluding hydrogens is 434 g/mol. The Labute approximate surface area is 192 Å². The number of hydrogen-bond donors (Lipinski definition) is 1. The lowest BCUT2D eigenvalue weighted by Crippen LogP contribution is -2.40. The fraction of sp³-hybridized carbons (Fsp3) is 0.565. The molecule has 0 spiro atoms. The average Bonchev–Trinajstić information content (AvgIpc) is 3.05. The Bertz CT molecular complexity index is 890. The molecule has 170 valence electrons. The van der Waals surface area contributed by atoms with Crippen LogP contribution in [0.4, 0.5) is 0 Å². The number of halogens is 1. The first kappa shape index (κ1) is 24.0. The zero-order chi connectivity index (χ0) is 22.4. The summed E-state index contributed by atoms with van der Waals surface area (Å²) in [4.78, 5) is 19.1. The van der Waals surface area contributed by atoms with Crippen molar-refractivity contribution in [1.82, 2.24) is 15.2 Å². The van der Waals surface area contributed by atoms with Gasteiger partial charge in [0.05, 0.1) is 11.4 Å². The molecule has 31 heavy (non-hydrogen) atoms. The second-order valence-electron chi connectivity index (χ2n) is 8.67. The van der Waals surface area contributed by atoms with Crippen LogP contribution in [0.1, 0.15) is 38.1 Å². The largest absolute Gasteiger partial charge is 0.441 e. The number of carbonyl (C=O) groups is 1. The van der Waals surface area contributed by atoms with E-state index in [0.29, 0.717) is 28.9 Å². The second-order valence-corrected chi connectivity index (χ2v) is 10.6.